The first-order chi connectivity index (χ1) is 15.1. The monoisotopic (exact) mass is 485 g/mol. The number of nitrogens with two attached hydrogens (primary N) is 1. The molecule has 2 aromatic carbocycles. The molecule has 1 fully saturated rings. The van der Waals surface area contributed by atoms with Crippen molar-refractivity contribution in [1.29, 1.82) is 0 Å². The van der Waals surface area contributed by atoms with E-state index in [1.54, 1.807) is 0 Å². The Morgan fingerprint density at radius 2 is 1.75 bits per heavy atom. The summed E-state index contributed by atoms with van der Waals surface area (Å²) in [6, 6.07) is 7.38. The first-order valence-corrected chi connectivity index (χ1v) is 11.3. The van der Waals surface area contributed by atoms with Gasteiger partial charge in [0.05, 0.1) is 17.0 Å². The first kappa shape index (κ1) is 23.8. The van der Waals surface area contributed by atoms with Crippen molar-refractivity contribution in [1.82, 2.24) is 9.21 Å². The summed E-state index contributed by atoms with van der Waals surface area (Å²) in [6.45, 7) is 0.0539. The molecule has 2 aromatic rings. The van der Waals surface area contributed by atoms with E-state index in [1.807, 2.05) is 0 Å². The van der Waals surface area contributed by atoms with Gasteiger partial charge in [-0.25, -0.2) is 12.8 Å². The van der Waals surface area contributed by atoms with Crippen molar-refractivity contribution >= 4 is 33.4 Å². The molecule has 9 nitrogen and oxygen atoms in total. The SMILES string of the molecule is COc1cc(C(=O)N2CCN(S(=O)(=O)c3ccc(F)cc3)CC2)cc(Cl)c1OCC(N)=O. The largest absolute Gasteiger partial charge is 0.493 e. The summed E-state index contributed by atoms with van der Waals surface area (Å²) in [5.74, 6) is -1.36. The lowest BCUT2D eigenvalue weighted by molar-refractivity contribution is -0.119. The van der Waals surface area contributed by atoms with Gasteiger partial charge in [-0.05, 0) is 36.4 Å². The molecule has 1 heterocycles. The van der Waals surface area contributed by atoms with Crippen LogP contribution in [0.3, 0.4) is 0 Å². The van der Waals surface area contributed by atoms with Crippen molar-refractivity contribution in [2.75, 3.05) is 39.9 Å². The average molecular weight is 486 g/mol. The van der Waals surface area contributed by atoms with Crippen LogP contribution in [0.2, 0.25) is 5.02 Å². The summed E-state index contributed by atoms with van der Waals surface area (Å²) >= 11 is 6.20. The third kappa shape index (κ3) is 5.12. The van der Waals surface area contributed by atoms with Gasteiger partial charge in [-0.1, -0.05) is 11.6 Å². The van der Waals surface area contributed by atoms with Crippen molar-refractivity contribution < 1.29 is 31.9 Å². The fourth-order valence-electron chi connectivity index (χ4n) is 3.20. The molecule has 0 unspecified atom stereocenters. The predicted octanol–water partition coefficient (Wildman–Crippen LogP) is 1.50. The van der Waals surface area contributed by atoms with Gasteiger partial charge in [0.2, 0.25) is 10.0 Å². The topological polar surface area (TPSA) is 119 Å². The lowest BCUT2D eigenvalue weighted by Gasteiger charge is -2.34. The highest BCUT2D eigenvalue weighted by atomic mass is 35.5. The Bertz CT molecular complexity index is 1120. The molecule has 0 saturated carbocycles. The molecule has 1 aliphatic heterocycles. The highest BCUT2D eigenvalue weighted by molar-refractivity contribution is 7.89. The van der Waals surface area contributed by atoms with E-state index in [0.29, 0.717) is 0 Å². The number of nitrogens with zero attached hydrogens (tertiary/aromatic N) is 2. The summed E-state index contributed by atoms with van der Waals surface area (Å²) in [5.41, 5.74) is 5.29. The quantitative estimate of drug-likeness (QED) is 0.634. The summed E-state index contributed by atoms with van der Waals surface area (Å²) < 4.78 is 50.3. The number of hydrogen-bond acceptors (Lipinski definition) is 6. The molecule has 32 heavy (non-hydrogen) atoms. The highest BCUT2D eigenvalue weighted by Crippen LogP contribution is 2.36. The Hall–Kier alpha value is -2.89. The molecule has 0 bridgehead atoms. The van der Waals surface area contributed by atoms with Gasteiger partial charge in [-0.3, -0.25) is 9.59 Å². The van der Waals surface area contributed by atoms with E-state index in [-0.39, 0.29) is 59.1 Å². The van der Waals surface area contributed by atoms with Crippen LogP contribution in [0.4, 0.5) is 4.39 Å². The molecule has 1 saturated heterocycles. The third-order valence-corrected chi connectivity index (χ3v) is 7.01. The number of methoxy groups -OCH3 is 1. The fourth-order valence-corrected chi connectivity index (χ4v) is 4.88. The Morgan fingerprint density at radius 3 is 2.31 bits per heavy atom. The lowest BCUT2D eigenvalue weighted by atomic mass is 10.1. The fraction of sp³-hybridized carbons (Fsp3) is 0.300. The number of ether oxygens (including phenoxy) is 2. The number of carbonyl (C=O) groups excluding carboxylic acids is 2. The number of hydrogen-bond donors (Lipinski definition) is 1. The molecule has 0 aromatic heterocycles. The zero-order valence-electron chi connectivity index (χ0n) is 17.1. The molecule has 12 heteroatoms. The molecule has 2 N–H and O–H groups in total. The van der Waals surface area contributed by atoms with Crippen LogP contribution in [0.1, 0.15) is 10.4 Å². The van der Waals surface area contributed by atoms with Gasteiger partial charge in [0.1, 0.15) is 5.82 Å². The van der Waals surface area contributed by atoms with Gasteiger partial charge in [-0.2, -0.15) is 4.31 Å². The van der Waals surface area contributed by atoms with E-state index in [4.69, 9.17) is 26.8 Å². The number of piperazine rings is 1. The highest BCUT2D eigenvalue weighted by Gasteiger charge is 2.31. The molecule has 0 aliphatic carbocycles. The Kier molecular flexibility index (Phi) is 7.22. The van der Waals surface area contributed by atoms with E-state index < -0.39 is 28.4 Å². The van der Waals surface area contributed by atoms with Crippen LogP contribution in [0, 0.1) is 5.82 Å². The van der Waals surface area contributed by atoms with Crippen LogP contribution in [0.25, 0.3) is 0 Å². The minimum absolute atomic E-state index is 0.0123. The Labute approximate surface area is 189 Å². The minimum atomic E-state index is -3.80. The van der Waals surface area contributed by atoms with Crippen LogP contribution in [-0.4, -0.2) is 69.3 Å². The maximum atomic E-state index is 13.1. The number of amides is 2. The summed E-state index contributed by atoms with van der Waals surface area (Å²) in [5, 5.41) is 0.0615. The number of carbonyl (C=O) groups is 2. The Morgan fingerprint density at radius 1 is 1.12 bits per heavy atom. The van der Waals surface area contributed by atoms with Crippen LogP contribution in [-0.2, 0) is 14.8 Å². The van der Waals surface area contributed by atoms with Crippen molar-refractivity contribution in [3.8, 4) is 11.5 Å². The van der Waals surface area contributed by atoms with Crippen LogP contribution in [0.15, 0.2) is 41.3 Å². The predicted molar refractivity (Wildman–Crippen MR) is 114 cm³/mol. The number of benzene rings is 2. The summed E-state index contributed by atoms with van der Waals surface area (Å²) in [7, 11) is -2.44. The molecule has 172 valence electrons. The normalized spacial score (nSPS) is 14.8. The second-order valence-electron chi connectivity index (χ2n) is 6.89. The maximum absolute atomic E-state index is 13.1. The van der Waals surface area contributed by atoms with Crippen molar-refractivity contribution in [2.45, 2.75) is 4.90 Å². The Balaban J connectivity index is 1.72. The number of rotatable bonds is 7. The van der Waals surface area contributed by atoms with E-state index in [0.717, 1.165) is 12.1 Å². The van der Waals surface area contributed by atoms with Gasteiger partial charge in [0.25, 0.3) is 11.8 Å². The lowest BCUT2D eigenvalue weighted by Crippen LogP contribution is -2.50. The zero-order chi connectivity index (χ0) is 23.5. The molecular formula is C20H21ClFN3O6S. The van der Waals surface area contributed by atoms with Gasteiger partial charge >= 0.3 is 0 Å². The second-order valence-corrected chi connectivity index (χ2v) is 9.24. The number of primary amides is 1. The average Bonchev–Trinajstić information content (AvgIpc) is 2.77. The van der Waals surface area contributed by atoms with Gasteiger partial charge < -0.3 is 20.1 Å². The first-order valence-electron chi connectivity index (χ1n) is 9.47. The molecule has 0 atom stereocenters. The molecule has 2 amide bonds. The summed E-state index contributed by atoms with van der Waals surface area (Å²) in [4.78, 5) is 25.4. The van der Waals surface area contributed by atoms with E-state index in [9.17, 15) is 22.4 Å². The standard InChI is InChI=1S/C20H21ClFN3O6S/c1-30-17-11-13(10-16(21)19(17)31-12-18(23)26)20(27)24-6-8-25(9-7-24)32(28,29)15-4-2-14(22)3-5-15/h2-5,10-11H,6-9,12H2,1H3,(H2,23,26). The molecule has 3 rings (SSSR count). The van der Waals surface area contributed by atoms with Gasteiger partial charge in [0.15, 0.2) is 18.1 Å². The van der Waals surface area contributed by atoms with Gasteiger partial charge in [-0.15, -0.1) is 0 Å². The second kappa shape index (κ2) is 9.72. The number of halogens is 2. The molecule has 0 radical (unpaired) electrons. The van der Waals surface area contributed by atoms with Crippen molar-refractivity contribution in [2.24, 2.45) is 5.73 Å². The minimum Gasteiger partial charge on any atom is -0.493 e. The molecule has 1 aliphatic rings. The van der Waals surface area contributed by atoms with E-state index >= 15 is 0 Å². The van der Waals surface area contributed by atoms with E-state index in [2.05, 4.69) is 0 Å². The van der Waals surface area contributed by atoms with Crippen LogP contribution < -0.4 is 15.2 Å². The number of sulfonamides is 1. The third-order valence-electron chi connectivity index (χ3n) is 4.81. The summed E-state index contributed by atoms with van der Waals surface area (Å²) in [6.07, 6.45) is 0. The maximum Gasteiger partial charge on any atom is 0.255 e. The van der Waals surface area contributed by atoms with Crippen LogP contribution >= 0.6 is 11.6 Å². The van der Waals surface area contributed by atoms with Crippen molar-refractivity contribution in [3.05, 3.63) is 52.8 Å². The van der Waals surface area contributed by atoms with Crippen molar-refractivity contribution in [3.63, 3.8) is 0 Å². The van der Waals surface area contributed by atoms with Gasteiger partial charge in [0, 0.05) is 31.7 Å². The molecular weight excluding hydrogens is 465 g/mol. The molecule has 0 spiro atoms. The van der Waals surface area contributed by atoms with E-state index in [1.165, 1.54) is 40.6 Å². The van der Waals surface area contributed by atoms with Crippen LogP contribution in [0.5, 0.6) is 11.5 Å². The smallest absolute Gasteiger partial charge is 0.255 e. The zero-order valence-corrected chi connectivity index (χ0v) is 18.7.